The van der Waals surface area contributed by atoms with Gasteiger partial charge in [-0.1, -0.05) is 16.8 Å². The van der Waals surface area contributed by atoms with Crippen LogP contribution in [-0.4, -0.2) is 37.3 Å². The minimum atomic E-state index is -0.709. The molecule has 10 heteroatoms. The summed E-state index contributed by atoms with van der Waals surface area (Å²) in [4.78, 5) is 18.3. The highest BCUT2D eigenvalue weighted by Gasteiger charge is 2.31. The highest BCUT2D eigenvalue weighted by Crippen LogP contribution is 2.25. The highest BCUT2D eigenvalue weighted by atomic mass is 35.5. The Morgan fingerprint density at radius 1 is 1.24 bits per heavy atom. The summed E-state index contributed by atoms with van der Waals surface area (Å²) in [5.74, 6) is 0.426. The van der Waals surface area contributed by atoms with Crippen molar-refractivity contribution in [2.75, 3.05) is 5.32 Å². The van der Waals surface area contributed by atoms with E-state index in [1.807, 2.05) is 57.6 Å². The topological polar surface area (TPSA) is 95.6 Å². The Bertz CT molecular complexity index is 1230. The Kier molecular flexibility index (Phi) is 6.42. The highest BCUT2D eigenvalue weighted by molar-refractivity contribution is 6.31. The summed E-state index contributed by atoms with van der Waals surface area (Å²) in [6.07, 6.45) is 1.60. The van der Waals surface area contributed by atoms with Crippen molar-refractivity contribution >= 4 is 28.9 Å². The Labute approximate surface area is 197 Å². The number of halogens is 1. The van der Waals surface area contributed by atoms with Gasteiger partial charge in [0.1, 0.15) is 5.75 Å². The second-order valence-corrected chi connectivity index (χ2v) is 8.45. The van der Waals surface area contributed by atoms with Crippen molar-refractivity contribution in [3.63, 3.8) is 0 Å². The predicted octanol–water partition coefficient (Wildman–Crippen LogP) is 4.15. The quantitative estimate of drug-likeness (QED) is 0.559. The van der Waals surface area contributed by atoms with Gasteiger partial charge in [0.05, 0.1) is 28.5 Å². The lowest BCUT2D eigenvalue weighted by molar-refractivity contribution is -0.125. The van der Waals surface area contributed by atoms with E-state index in [9.17, 15) is 4.79 Å². The van der Waals surface area contributed by atoms with Crippen LogP contribution in [0.5, 0.6) is 5.75 Å². The first-order chi connectivity index (χ1) is 15.8. The van der Waals surface area contributed by atoms with E-state index >= 15 is 0 Å². The van der Waals surface area contributed by atoms with Gasteiger partial charge < -0.3 is 14.9 Å². The second kappa shape index (κ2) is 9.27. The number of oxime groups is 1. The van der Waals surface area contributed by atoms with E-state index in [0.717, 1.165) is 34.8 Å². The van der Waals surface area contributed by atoms with Crippen LogP contribution in [0.2, 0.25) is 5.02 Å². The van der Waals surface area contributed by atoms with Crippen molar-refractivity contribution in [3.05, 3.63) is 57.6 Å². The fourth-order valence-corrected chi connectivity index (χ4v) is 3.81. The molecule has 33 heavy (non-hydrogen) atoms. The average Bonchev–Trinajstić information content (AvgIpc) is 3.48. The molecule has 0 spiro atoms. The van der Waals surface area contributed by atoms with Crippen LogP contribution in [0.25, 0.3) is 0 Å². The molecule has 1 atom stereocenters. The summed E-state index contributed by atoms with van der Waals surface area (Å²) < 4.78 is 9.39. The molecule has 1 N–H and O–H groups in total. The van der Waals surface area contributed by atoms with Gasteiger partial charge in [-0.3, -0.25) is 9.48 Å². The maximum atomic E-state index is 12.9. The number of rotatable bonds is 7. The Hall–Kier alpha value is -3.33. The van der Waals surface area contributed by atoms with Crippen molar-refractivity contribution in [3.8, 4) is 5.75 Å². The molecule has 1 amide bonds. The van der Waals surface area contributed by atoms with E-state index in [2.05, 4.69) is 20.7 Å². The number of hydrogen-bond donors (Lipinski definition) is 1. The van der Waals surface area contributed by atoms with E-state index in [1.54, 1.807) is 10.7 Å². The first-order valence-corrected chi connectivity index (χ1v) is 11.2. The molecule has 3 aromatic rings. The summed E-state index contributed by atoms with van der Waals surface area (Å²) in [6.45, 7) is 10.6. The zero-order valence-electron chi connectivity index (χ0n) is 19.3. The molecule has 9 nitrogen and oxygen atoms in total. The minimum Gasteiger partial charge on any atom is -0.471 e. The standard InChI is InChI=1S/C23H27ClN6O3/c1-6-29-11-18(14(3)26-29)20-10-21(33-28-20)23(31)25-22-15(4)27-30(16(22)5)12-32-17-7-8-19(24)13(2)9-17/h7-9,11,21H,6,10,12H2,1-5H3,(H,25,31). The molecule has 1 aromatic carbocycles. The summed E-state index contributed by atoms with van der Waals surface area (Å²) in [5, 5.41) is 16.7. The maximum absolute atomic E-state index is 12.9. The Morgan fingerprint density at radius 3 is 2.73 bits per heavy atom. The van der Waals surface area contributed by atoms with Crippen molar-refractivity contribution in [2.45, 2.75) is 60.4 Å². The number of carbonyl (C=O) groups excluding carboxylic acids is 1. The third kappa shape index (κ3) is 4.73. The SMILES string of the molecule is CCn1cc(C2=NOC(C(=O)Nc3c(C)nn(COc4ccc(Cl)c(C)c4)c3C)C2)c(C)n1. The number of nitrogens with one attached hydrogen (secondary N) is 1. The number of nitrogens with zero attached hydrogens (tertiary/aromatic N) is 5. The van der Waals surface area contributed by atoms with Crippen LogP contribution < -0.4 is 10.1 Å². The fourth-order valence-electron chi connectivity index (χ4n) is 3.69. The van der Waals surface area contributed by atoms with Gasteiger partial charge in [0.2, 0.25) is 6.10 Å². The monoisotopic (exact) mass is 470 g/mol. The third-order valence-corrected chi connectivity index (χ3v) is 6.08. The van der Waals surface area contributed by atoms with E-state index in [-0.39, 0.29) is 12.6 Å². The number of hydrogen-bond acceptors (Lipinski definition) is 6. The van der Waals surface area contributed by atoms with E-state index < -0.39 is 6.10 Å². The first kappa shape index (κ1) is 22.8. The largest absolute Gasteiger partial charge is 0.471 e. The van der Waals surface area contributed by atoms with Gasteiger partial charge in [0, 0.05) is 29.7 Å². The smallest absolute Gasteiger partial charge is 0.268 e. The number of amides is 1. The minimum absolute atomic E-state index is 0.206. The van der Waals surface area contributed by atoms with Gasteiger partial charge in [0.25, 0.3) is 5.91 Å². The number of carbonyl (C=O) groups is 1. The van der Waals surface area contributed by atoms with E-state index in [1.165, 1.54) is 0 Å². The lowest BCUT2D eigenvalue weighted by atomic mass is 10.1. The molecule has 0 aliphatic carbocycles. The molecule has 3 heterocycles. The van der Waals surface area contributed by atoms with Gasteiger partial charge in [0.15, 0.2) is 6.73 Å². The van der Waals surface area contributed by atoms with E-state index in [0.29, 0.717) is 28.6 Å². The van der Waals surface area contributed by atoms with Crippen molar-refractivity contribution in [1.29, 1.82) is 0 Å². The lowest BCUT2D eigenvalue weighted by Gasteiger charge is -2.11. The van der Waals surface area contributed by atoms with Crippen molar-refractivity contribution in [2.24, 2.45) is 5.16 Å². The predicted molar refractivity (Wildman–Crippen MR) is 126 cm³/mol. The third-order valence-electron chi connectivity index (χ3n) is 5.66. The van der Waals surface area contributed by atoms with Crippen molar-refractivity contribution in [1.82, 2.24) is 19.6 Å². The zero-order valence-corrected chi connectivity index (χ0v) is 20.1. The summed E-state index contributed by atoms with van der Waals surface area (Å²) in [6, 6.07) is 5.48. The molecule has 0 saturated carbocycles. The van der Waals surface area contributed by atoms with Crippen LogP contribution in [0.15, 0.2) is 29.6 Å². The van der Waals surface area contributed by atoms with Gasteiger partial charge in [-0.05, 0) is 58.4 Å². The van der Waals surface area contributed by atoms with Crippen LogP contribution >= 0.6 is 11.6 Å². The fraction of sp³-hybridized carbons (Fsp3) is 0.391. The summed E-state index contributed by atoms with van der Waals surface area (Å²) >= 11 is 6.07. The van der Waals surface area contributed by atoms with Gasteiger partial charge >= 0.3 is 0 Å². The molecular formula is C23H27ClN6O3. The van der Waals surface area contributed by atoms with E-state index in [4.69, 9.17) is 21.2 Å². The summed E-state index contributed by atoms with van der Waals surface area (Å²) in [7, 11) is 0. The number of aryl methyl sites for hydroxylation is 4. The lowest BCUT2D eigenvalue weighted by Crippen LogP contribution is -2.28. The molecule has 0 saturated heterocycles. The molecular weight excluding hydrogens is 444 g/mol. The molecule has 174 valence electrons. The molecule has 1 aliphatic rings. The number of aromatic nitrogens is 4. The van der Waals surface area contributed by atoms with Crippen LogP contribution in [-0.2, 0) is 22.9 Å². The molecule has 0 bridgehead atoms. The van der Waals surface area contributed by atoms with Gasteiger partial charge in [-0.2, -0.15) is 10.2 Å². The molecule has 1 aliphatic heterocycles. The van der Waals surface area contributed by atoms with Gasteiger partial charge in [-0.25, -0.2) is 4.68 Å². The van der Waals surface area contributed by atoms with Crippen LogP contribution in [0.1, 0.15) is 41.6 Å². The maximum Gasteiger partial charge on any atom is 0.268 e. The van der Waals surface area contributed by atoms with Crippen molar-refractivity contribution < 1.29 is 14.4 Å². The number of benzene rings is 1. The Balaban J connectivity index is 1.40. The van der Waals surface area contributed by atoms with Crippen LogP contribution in [0, 0.1) is 27.7 Å². The number of anilines is 1. The second-order valence-electron chi connectivity index (χ2n) is 8.04. The molecule has 4 rings (SSSR count). The average molecular weight is 471 g/mol. The summed E-state index contributed by atoms with van der Waals surface area (Å²) in [5.41, 5.74) is 5.55. The molecule has 2 aromatic heterocycles. The first-order valence-electron chi connectivity index (χ1n) is 10.8. The number of ether oxygens (including phenoxy) is 1. The molecule has 0 fully saturated rings. The Morgan fingerprint density at radius 2 is 2.03 bits per heavy atom. The van der Waals surface area contributed by atoms with Gasteiger partial charge in [-0.15, -0.1) is 0 Å². The zero-order chi connectivity index (χ0) is 23.7. The molecule has 1 unspecified atom stereocenters. The molecule has 0 radical (unpaired) electrons. The van der Waals surface area contributed by atoms with Crippen LogP contribution in [0.3, 0.4) is 0 Å². The normalized spacial score (nSPS) is 15.3. The van der Waals surface area contributed by atoms with Crippen LogP contribution in [0.4, 0.5) is 5.69 Å².